The predicted octanol–water partition coefficient (Wildman–Crippen LogP) is 4.49. The first-order valence-electron chi connectivity index (χ1n) is 11.1. The summed E-state index contributed by atoms with van der Waals surface area (Å²) in [4.78, 5) is 26.2. The zero-order valence-electron chi connectivity index (χ0n) is 18.5. The summed E-state index contributed by atoms with van der Waals surface area (Å²) in [5.41, 5.74) is 3.17. The Morgan fingerprint density at radius 1 is 1.00 bits per heavy atom. The van der Waals surface area contributed by atoms with Crippen LogP contribution >= 0.6 is 11.6 Å². The summed E-state index contributed by atoms with van der Waals surface area (Å²) in [6, 6.07) is 15.2. The fourth-order valence-electron chi connectivity index (χ4n) is 4.52. The highest BCUT2D eigenvalue weighted by molar-refractivity contribution is 6.30. The summed E-state index contributed by atoms with van der Waals surface area (Å²) in [5, 5.41) is 7.00. The summed E-state index contributed by atoms with van der Waals surface area (Å²) in [7, 11) is 0. The maximum atomic E-state index is 13.2. The third-order valence-corrected chi connectivity index (χ3v) is 6.54. The molecule has 1 saturated heterocycles. The Morgan fingerprint density at radius 3 is 2.62 bits per heavy atom. The number of nitrogens with zero attached hydrogens (tertiary/aromatic N) is 6. The van der Waals surface area contributed by atoms with E-state index >= 15 is 0 Å². The van der Waals surface area contributed by atoms with Crippen molar-refractivity contribution in [3.63, 3.8) is 0 Å². The van der Waals surface area contributed by atoms with E-state index in [1.165, 1.54) is 0 Å². The van der Waals surface area contributed by atoms with Crippen LogP contribution in [0.4, 0.5) is 5.82 Å². The van der Waals surface area contributed by atoms with Gasteiger partial charge in [0.15, 0.2) is 11.4 Å². The number of halogens is 1. The lowest BCUT2D eigenvalue weighted by atomic mass is 10.1. The Balaban J connectivity index is 1.24. The summed E-state index contributed by atoms with van der Waals surface area (Å²) < 4.78 is 7.65. The fraction of sp³-hybridized carbons (Fsp3) is 0.200. The number of hydrogen-bond donors (Lipinski definition) is 0. The average molecular weight is 473 g/mol. The number of fused-ring (bicyclic) bond motifs is 2. The highest BCUT2D eigenvalue weighted by Crippen LogP contribution is 2.28. The van der Waals surface area contributed by atoms with Gasteiger partial charge < -0.3 is 14.2 Å². The summed E-state index contributed by atoms with van der Waals surface area (Å²) in [5.74, 6) is 1.15. The van der Waals surface area contributed by atoms with Crippen LogP contribution in [-0.4, -0.2) is 56.7 Å². The topological polar surface area (TPSA) is 80.3 Å². The van der Waals surface area contributed by atoms with E-state index in [1.807, 2.05) is 60.4 Å². The van der Waals surface area contributed by atoms with E-state index in [1.54, 1.807) is 17.2 Å². The molecular weight excluding hydrogens is 452 g/mol. The van der Waals surface area contributed by atoms with Crippen LogP contribution in [0.3, 0.4) is 0 Å². The molecule has 0 aliphatic carbocycles. The average Bonchev–Trinajstić information content (AvgIpc) is 3.45. The van der Waals surface area contributed by atoms with Gasteiger partial charge in [-0.1, -0.05) is 35.9 Å². The number of piperazine rings is 1. The van der Waals surface area contributed by atoms with E-state index in [-0.39, 0.29) is 5.91 Å². The Bertz CT molecular complexity index is 1530. The first kappa shape index (κ1) is 20.7. The molecule has 4 heterocycles. The highest BCUT2D eigenvalue weighted by atomic mass is 35.5. The summed E-state index contributed by atoms with van der Waals surface area (Å²) >= 11 is 6.16. The standard InChI is InChI=1S/C25H21ClN6O2/c1-16-19-7-2-3-8-21(19)34-22(16)25(33)31-11-9-30(10-12-31)23-20-14-29-32(24(20)28-15-27-23)18-6-4-5-17(26)13-18/h2-8,13-15H,9-12H2,1H3. The van der Waals surface area contributed by atoms with Crippen LogP contribution in [0.1, 0.15) is 16.1 Å². The van der Waals surface area contributed by atoms with Crippen molar-refractivity contribution in [2.75, 3.05) is 31.1 Å². The minimum atomic E-state index is -0.0741. The molecule has 1 fully saturated rings. The Morgan fingerprint density at radius 2 is 1.82 bits per heavy atom. The van der Waals surface area contributed by atoms with Crippen LogP contribution in [0.5, 0.6) is 0 Å². The van der Waals surface area contributed by atoms with E-state index in [0.29, 0.717) is 42.6 Å². The molecule has 34 heavy (non-hydrogen) atoms. The molecule has 0 spiro atoms. The molecule has 1 amide bonds. The first-order chi connectivity index (χ1) is 16.6. The minimum absolute atomic E-state index is 0.0741. The molecule has 0 radical (unpaired) electrons. The third-order valence-electron chi connectivity index (χ3n) is 6.30. The molecule has 8 nitrogen and oxygen atoms in total. The molecule has 6 rings (SSSR count). The van der Waals surface area contributed by atoms with Crippen molar-refractivity contribution in [2.45, 2.75) is 6.92 Å². The SMILES string of the molecule is Cc1c(C(=O)N2CCN(c3ncnc4c3cnn4-c3cccc(Cl)c3)CC2)oc2ccccc12. The van der Waals surface area contributed by atoms with E-state index in [9.17, 15) is 4.79 Å². The van der Waals surface area contributed by atoms with E-state index in [0.717, 1.165) is 33.4 Å². The van der Waals surface area contributed by atoms with Crippen molar-refractivity contribution in [3.05, 3.63) is 77.4 Å². The van der Waals surface area contributed by atoms with Gasteiger partial charge in [0, 0.05) is 42.2 Å². The van der Waals surface area contributed by atoms with Crippen molar-refractivity contribution < 1.29 is 9.21 Å². The van der Waals surface area contributed by atoms with E-state index in [2.05, 4.69) is 20.0 Å². The zero-order chi connectivity index (χ0) is 23.2. The fourth-order valence-corrected chi connectivity index (χ4v) is 4.71. The number of benzene rings is 2. The van der Waals surface area contributed by atoms with Gasteiger partial charge in [-0.2, -0.15) is 5.10 Å². The Labute approximate surface area is 200 Å². The monoisotopic (exact) mass is 472 g/mol. The molecule has 0 bridgehead atoms. The van der Waals surface area contributed by atoms with Gasteiger partial charge >= 0.3 is 0 Å². The summed E-state index contributed by atoms with van der Waals surface area (Å²) in [6.45, 7) is 4.38. The maximum Gasteiger partial charge on any atom is 0.290 e. The van der Waals surface area contributed by atoms with Crippen molar-refractivity contribution in [3.8, 4) is 5.69 Å². The lowest BCUT2D eigenvalue weighted by molar-refractivity contribution is 0.0716. The molecule has 0 atom stereocenters. The number of para-hydroxylation sites is 1. The van der Waals surface area contributed by atoms with Crippen molar-refractivity contribution in [1.29, 1.82) is 0 Å². The maximum absolute atomic E-state index is 13.2. The second-order valence-electron chi connectivity index (χ2n) is 8.30. The van der Waals surface area contributed by atoms with Gasteiger partial charge in [0.2, 0.25) is 0 Å². The van der Waals surface area contributed by atoms with Gasteiger partial charge in [-0.15, -0.1) is 0 Å². The third kappa shape index (κ3) is 3.38. The molecule has 9 heteroatoms. The number of carbonyl (C=O) groups is 1. The van der Waals surface area contributed by atoms with Crippen LogP contribution in [0.15, 0.2) is 65.5 Å². The minimum Gasteiger partial charge on any atom is -0.451 e. The number of furan rings is 1. The second-order valence-corrected chi connectivity index (χ2v) is 8.74. The van der Waals surface area contributed by atoms with Gasteiger partial charge in [-0.3, -0.25) is 4.79 Å². The number of aryl methyl sites for hydroxylation is 1. The van der Waals surface area contributed by atoms with Crippen LogP contribution in [0.25, 0.3) is 27.7 Å². The molecule has 170 valence electrons. The number of carbonyl (C=O) groups excluding carboxylic acids is 1. The van der Waals surface area contributed by atoms with Crippen LogP contribution < -0.4 is 4.90 Å². The Hall–Kier alpha value is -3.91. The number of hydrogen-bond acceptors (Lipinski definition) is 6. The Kier molecular flexibility index (Phi) is 4.95. The van der Waals surface area contributed by atoms with E-state index in [4.69, 9.17) is 16.0 Å². The molecule has 1 aliphatic rings. The molecule has 0 saturated carbocycles. The molecule has 5 aromatic rings. The molecule has 3 aromatic heterocycles. The van der Waals surface area contributed by atoms with Crippen molar-refractivity contribution in [1.82, 2.24) is 24.6 Å². The van der Waals surface area contributed by atoms with Crippen LogP contribution in [-0.2, 0) is 0 Å². The van der Waals surface area contributed by atoms with Crippen molar-refractivity contribution in [2.24, 2.45) is 0 Å². The lowest BCUT2D eigenvalue weighted by Crippen LogP contribution is -2.49. The quantitative estimate of drug-likeness (QED) is 0.385. The predicted molar refractivity (Wildman–Crippen MR) is 131 cm³/mol. The van der Waals surface area contributed by atoms with Gasteiger partial charge in [-0.05, 0) is 31.2 Å². The lowest BCUT2D eigenvalue weighted by Gasteiger charge is -2.35. The molecule has 1 aliphatic heterocycles. The second kappa shape index (κ2) is 8.14. The number of rotatable bonds is 3. The number of anilines is 1. The normalized spacial score (nSPS) is 14.3. The van der Waals surface area contributed by atoms with E-state index < -0.39 is 0 Å². The van der Waals surface area contributed by atoms with Gasteiger partial charge in [-0.25, -0.2) is 14.6 Å². The van der Waals surface area contributed by atoms with Crippen LogP contribution in [0.2, 0.25) is 5.02 Å². The van der Waals surface area contributed by atoms with Gasteiger partial charge in [0.1, 0.15) is 17.7 Å². The summed E-state index contributed by atoms with van der Waals surface area (Å²) in [6.07, 6.45) is 3.33. The van der Waals surface area contributed by atoms with Crippen LogP contribution in [0, 0.1) is 6.92 Å². The van der Waals surface area contributed by atoms with Gasteiger partial charge in [0.05, 0.1) is 17.3 Å². The largest absolute Gasteiger partial charge is 0.451 e. The highest BCUT2D eigenvalue weighted by Gasteiger charge is 2.28. The number of aromatic nitrogens is 4. The molecule has 2 aromatic carbocycles. The molecule has 0 unspecified atom stereocenters. The first-order valence-corrected chi connectivity index (χ1v) is 11.4. The smallest absolute Gasteiger partial charge is 0.290 e. The van der Waals surface area contributed by atoms with Gasteiger partial charge in [0.25, 0.3) is 5.91 Å². The molecular formula is C25H21ClN6O2. The van der Waals surface area contributed by atoms with Crippen molar-refractivity contribution >= 4 is 45.3 Å². The zero-order valence-corrected chi connectivity index (χ0v) is 19.2. The molecule has 0 N–H and O–H groups in total. The number of amides is 1.